The van der Waals surface area contributed by atoms with Gasteiger partial charge in [-0.2, -0.15) is 0 Å². The van der Waals surface area contributed by atoms with Crippen LogP contribution in [0.25, 0.3) is 0 Å². The lowest BCUT2D eigenvalue weighted by molar-refractivity contribution is -0.134. The van der Waals surface area contributed by atoms with Crippen LogP contribution in [-0.4, -0.2) is 43.6 Å². The monoisotopic (exact) mass is 623 g/mol. The zero-order chi connectivity index (χ0) is 31.9. The Morgan fingerprint density at radius 1 is 0.977 bits per heavy atom. The molecule has 2 N–H and O–H groups in total. The summed E-state index contributed by atoms with van der Waals surface area (Å²) in [4.78, 5) is 44.4. The van der Waals surface area contributed by atoms with Crippen molar-refractivity contribution in [2.45, 2.75) is 148 Å². The average Bonchev–Trinajstić information content (AvgIpc) is 3.26. The van der Waals surface area contributed by atoms with E-state index in [0.717, 1.165) is 19.3 Å². The van der Waals surface area contributed by atoms with E-state index in [1.165, 1.54) is 88.1 Å². The average molecular weight is 624 g/mol. The molecule has 2 atom stereocenters. The Kier molecular flexibility index (Phi) is 15.8. The van der Waals surface area contributed by atoms with E-state index in [-0.39, 0.29) is 17.6 Å². The summed E-state index contributed by atoms with van der Waals surface area (Å²) in [5.41, 5.74) is 1.39. The van der Waals surface area contributed by atoms with Crippen LogP contribution in [0.3, 0.4) is 0 Å². The summed E-state index contributed by atoms with van der Waals surface area (Å²) in [6, 6.07) is 1.25. The van der Waals surface area contributed by atoms with Crippen LogP contribution in [-0.2, 0) is 23.5 Å². The highest BCUT2D eigenvalue weighted by atomic mass is 28.4. The van der Waals surface area contributed by atoms with Gasteiger partial charge in [-0.1, -0.05) is 105 Å². The number of unbranched alkanes of at least 4 members (excludes halogenated alkanes) is 12. The van der Waals surface area contributed by atoms with Crippen molar-refractivity contribution >= 4 is 14.2 Å². The van der Waals surface area contributed by atoms with Crippen LogP contribution in [0.2, 0.25) is 18.1 Å². The summed E-state index contributed by atoms with van der Waals surface area (Å²) in [6.45, 7) is 12.7. The molecule has 1 aliphatic rings. The molecule has 0 radical (unpaired) electrons. The van der Waals surface area contributed by atoms with Crippen molar-refractivity contribution in [3.63, 3.8) is 0 Å². The van der Waals surface area contributed by atoms with Crippen molar-refractivity contribution in [2.75, 3.05) is 13.7 Å². The molecule has 1 unspecified atom stereocenters. The summed E-state index contributed by atoms with van der Waals surface area (Å²) in [5.74, 6) is 0.578. The number of carbonyl (C=O) groups excluding carboxylic acids is 1. The van der Waals surface area contributed by atoms with Crippen molar-refractivity contribution in [3.05, 3.63) is 44.6 Å². The summed E-state index contributed by atoms with van der Waals surface area (Å²) in [5, 5.41) is -0.112. The maximum Gasteiger partial charge on any atom is 0.331 e. The zero-order valence-corrected chi connectivity index (χ0v) is 28.7. The maximum absolute atomic E-state index is 12.5. The van der Waals surface area contributed by atoms with E-state index in [9.17, 15) is 14.4 Å². The third kappa shape index (κ3) is 12.3. The molecule has 0 saturated heterocycles. The van der Waals surface area contributed by atoms with Gasteiger partial charge in [0.15, 0.2) is 11.9 Å². The Labute approximate surface area is 259 Å². The Hall–Kier alpha value is -2.37. The Morgan fingerprint density at radius 2 is 1.53 bits per heavy atom. The second kappa shape index (κ2) is 18.4. The molecule has 11 heteroatoms. The highest BCUT2D eigenvalue weighted by Crippen LogP contribution is 2.43. The van der Waals surface area contributed by atoms with Crippen LogP contribution in [0.15, 0.2) is 33.4 Å². The number of aromatic nitrogens is 2. The normalized spacial score (nSPS) is 17.3. The number of hydrogen-bond donors (Lipinski definition) is 2. The van der Waals surface area contributed by atoms with Crippen molar-refractivity contribution in [3.8, 4) is 0 Å². The van der Waals surface area contributed by atoms with Crippen molar-refractivity contribution < 1.29 is 23.5 Å². The van der Waals surface area contributed by atoms with Gasteiger partial charge in [-0.05, 0) is 6.42 Å². The lowest BCUT2D eigenvalue weighted by Crippen LogP contribution is -2.43. The first-order chi connectivity index (χ1) is 20.4. The molecule has 2 rings (SSSR count). The molecule has 43 heavy (non-hydrogen) atoms. The fourth-order valence-electron chi connectivity index (χ4n) is 4.79. The van der Waals surface area contributed by atoms with Gasteiger partial charge in [0.25, 0.3) is 5.56 Å². The minimum atomic E-state index is -2.34. The molecule has 1 aliphatic heterocycles. The van der Waals surface area contributed by atoms with Gasteiger partial charge in [-0.15, -0.1) is 18.1 Å². The molecular formula is C32H57N3O7Si-. The number of rotatable bonds is 21. The molecule has 2 heterocycles. The van der Waals surface area contributed by atoms with Gasteiger partial charge >= 0.3 is 5.69 Å². The topological polar surface area (TPSA) is 121 Å². The number of nitrogens with zero attached hydrogens (tertiary/aromatic N) is 1. The standard InChI is InChI=1S/C32H57N3O7Si/c1-8-9-10-11-12-13-14-15-16-17-18-19-20-21-27(37)34-40-24-25-28(42-43(6,7)32(2,3)4)29(39-5)30(41-25)35-23-22-26(36)33-31(35)38/h22-23,29-30H,8-21,24H2,1-7H3,(H,34,37)(H,33,36,38)/q-1/t29?,30-/m1/s1. The van der Waals surface area contributed by atoms with Gasteiger partial charge in [0.2, 0.25) is 12.1 Å². The van der Waals surface area contributed by atoms with Crippen molar-refractivity contribution in [1.82, 2.24) is 15.0 Å². The van der Waals surface area contributed by atoms with Crippen LogP contribution >= 0.6 is 0 Å². The smallest absolute Gasteiger partial charge is 0.331 e. The lowest BCUT2D eigenvalue weighted by Gasteiger charge is -2.49. The number of carbonyl (C=O) groups is 1. The number of hydrogen-bond acceptors (Lipinski definition) is 7. The van der Waals surface area contributed by atoms with Crippen LogP contribution in [0.1, 0.15) is 124 Å². The summed E-state index contributed by atoms with van der Waals surface area (Å²) in [6.07, 6.45) is 16.4. The molecule has 0 spiro atoms. The summed E-state index contributed by atoms with van der Waals surface area (Å²) < 4.78 is 19.7. The van der Waals surface area contributed by atoms with Gasteiger partial charge in [-0.25, -0.2) is 10.3 Å². The molecule has 10 nitrogen and oxygen atoms in total. The molecule has 0 aliphatic carbocycles. The SMILES string of the molecule is CCCCCCCCCCCCCCCC(=O)NOCC1=C(O[Si-](C)(C)C(C)(C)C)C(OC)[C@H](n2ccc(=O)[nH]c2=O)O1. The fourth-order valence-corrected chi connectivity index (χ4v) is 5.88. The van der Waals surface area contributed by atoms with Crippen LogP contribution < -0.4 is 16.7 Å². The Morgan fingerprint density at radius 3 is 2.05 bits per heavy atom. The predicted octanol–water partition coefficient (Wildman–Crippen LogP) is 6.84. The maximum atomic E-state index is 12.5. The van der Waals surface area contributed by atoms with Gasteiger partial charge in [0, 0.05) is 34.1 Å². The van der Waals surface area contributed by atoms with Gasteiger partial charge < -0.3 is 13.9 Å². The first-order valence-corrected chi connectivity index (χ1v) is 19.2. The minimum absolute atomic E-state index is 0.0945. The van der Waals surface area contributed by atoms with Crippen LogP contribution in [0, 0.1) is 0 Å². The second-order valence-electron chi connectivity index (χ2n) is 13.1. The first kappa shape index (κ1) is 36.8. The third-order valence-corrected chi connectivity index (χ3v) is 12.8. The zero-order valence-electron chi connectivity index (χ0n) is 27.7. The number of amides is 1. The largest absolute Gasteiger partial charge is 0.687 e. The van der Waals surface area contributed by atoms with Crippen LogP contribution in [0.5, 0.6) is 0 Å². The molecule has 0 saturated carbocycles. The molecule has 247 valence electrons. The van der Waals surface area contributed by atoms with Gasteiger partial charge in [0.05, 0.1) is 0 Å². The highest BCUT2D eigenvalue weighted by Gasteiger charge is 2.42. The summed E-state index contributed by atoms with van der Waals surface area (Å²) in [7, 11) is -0.827. The number of ether oxygens (including phenoxy) is 2. The number of aromatic amines is 1. The van der Waals surface area contributed by atoms with E-state index in [0.29, 0.717) is 17.9 Å². The van der Waals surface area contributed by atoms with Gasteiger partial charge in [-0.3, -0.25) is 24.0 Å². The van der Waals surface area contributed by atoms with Crippen LogP contribution in [0.4, 0.5) is 0 Å². The number of methoxy groups -OCH3 is 1. The summed E-state index contributed by atoms with van der Waals surface area (Å²) >= 11 is 0. The van der Waals surface area contributed by atoms with E-state index < -0.39 is 31.9 Å². The molecule has 0 aromatic carbocycles. The quantitative estimate of drug-likeness (QED) is 0.0873. The van der Waals surface area contributed by atoms with Gasteiger partial charge in [0.1, 0.15) is 12.4 Å². The Balaban J connectivity index is 1.83. The molecule has 1 amide bonds. The highest BCUT2D eigenvalue weighted by molar-refractivity contribution is 6.74. The first-order valence-electron chi connectivity index (χ1n) is 16.2. The predicted molar refractivity (Wildman–Crippen MR) is 172 cm³/mol. The molecule has 1 aromatic rings. The molecule has 0 fully saturated rings. The van der Waals surface area contributed by atoms with E-state index in [1.54, 1.807) is 0 Å². The van der Waals surface area contributed by atoms with E-state index in [1.807, 2.05) is 0 Å². The number of hydroxylamine groups is 1. The number of H-pyrrole nitrogens is 1. The minimum Gasteiger partial charge on any atom is -0.687 e. The second-order valence-corrected chi connectivity index (χ2v) is 17.9. The fraction of sp³-hybridized carbons (Fsp3) is 0.781. The third-order valence-electron chi connectivity index (χ3n) is 8.50. The Bertz CT molecular complexity index is 1120. The van der Waals surface area contributed by atoms with E-state index in [4.69, 9.17) is 18.7 Å². The van der Waals surface area contributed by atoms with E-state index in [2.05, 4.69) is 51.3 Å². The van der Waals surface area contributed by atoms with E-state index >= 15 is 0 Å². The van der Waals surface area contributed by atoms with Crippen molar-refractivity contribution in [1.29, 1.82) is 0 Å². The molecular weight excluding hydrogens is 566 g/mol. The molecule has 0 bridgehead atoms. The lowest BCUT2D eigenvalue weighted by atomic mass is 10.0. The number of nitrogens with one attached hydrogen (secondary N) is 2. The molecule has 1 aromatic heterocycles. The van der Waals surface area contributed by atoms with Crippen molar-refractivity contribution in [2.24, 2.45) is 0 Å².